The van der Waals surface area contributed by atoms with Gasteiger partial charge in [-0.1, -0.05) is 25.1 Å². The van der Waals surface area contributed by atoms with E-state index in [1.807, 2.05) is 19.1 Å². The standard InChI is InChI=1S/C19H26N2O/c1-3-15-7-10-17(11-8-15)21-13-5-6-16-9-12-19(22-4-2)18(20)14-16/h7-12,14,21H,3-6,13,20H2,1-2H3. The van der Waals surface area contributed by atoms with Gasteiger partial charge in [-0.05, 0) is 61.6 Å². The van der Waals surface area contributed by atoms with E-state index in [1.165, 1.54) is 16.8 Å². The summed E-state index contributed by atoms with van der Waals surface area (Å²) in [5.74, 6) is 0.778. The van der Waals surface area contributed by atoms with Gasteiger partial charge in [0, 0.05) is 12.2 Å². The molecule has 0 unspecified atom stereocenters. The molecule has 0 saturated carbocycles. The second-order valence-corrected chi connectivity index (χ2v) is 5.39. The molecule has 0 atom stereocenters. The first-order valence-electron chi connectivity index (χ1n) is 8.07. The maximum atomic E-state index is 5.99. The summed E-state index contributed by atoms with van der Waals surface area (Å²) in [6.45, 7) is 5.74. The Morgan fingerprint density at radius 1 is 1.00 bits per heavy atom. The van der Waals surface area contributed by atoms with Crippen molar-refractivity contribution >= 4 is 11.4 Å². The summed E-state index contributed by atoms with van der Waals surface area (Å²) in [5, 5.41) is 3.46. The van der Waals surface area contributed by atoms with E-state index >= 15 is 0 Å². The van der Waals surface area contributed by atoms with E-state index in [1.54, 1.807) is 0 Å². The highest BCUT2D eigenvalue weighted by atomic mass is 16.5. The topological polar surface area (TPSA) is 47.3 Å². The van der Waals surface area contributed by atoms with E-state index in [2.05, 4.69) is 42.6 Å². The SMILES string of the molecule is CCOc1ccc(CCCNc2ccc(CC)cc2)cc1N. The Morgan fingerprint density at radius 3 is 2.36 bits per heavy atom. The summed E-state index contributed by atoms with van der Waals surface area (Å²) in [6, 6.07) is 14.7. The molecule has 0 bridgehead atoms. The molecule has 2 aromatic carbocycles. The second kappa shape index (κ2) is 8.32. The predicted octanol–water partition coefficient (Wildman–Crippen LogP) is 4.27. The van der Waals surface area contributed by atoms with E-state index < -0.39 is 0 Å². The van der Waals surface area contributed by atoms with Gasteiger partial charge in [0.2, 0.25) is 0 Å². The van der Waals surface area contributed by atoms with Crippen LogP contribution in [0.15, 0.2) is 42.5 Å². The number of hydrogen-bond donors (Lipinski definition) is 2. The summed E-state index contributed by atoms with van der Waals surface area (Å²) in [5.41, 5.74) is 10.5. The summed E-state index contributed by atoms with van der Waals surface area (Å²) in [4.78, 5) is 0. The van der Waals surface area contributed by atoms with Gasteiger partial charge in [-0.3, -0.25) is 0 Å². The minimum absolute atomic E-state index is 0.643. The van der Waals surface area contributed by atoms with Gasteiger partial charge in [-0.15, -0.1) is 0 Å². The highest BCUT2D eigenvalue weighted by Gasteiger charge is 2.01. The monoisotopic (exact) mass is 298 g/mol. The molecule has 0 radical (unpaired) electrons. The zero-order chi connectivity index (χ0) is 15.8. The smallest absolute Gasteiger partial charge is 0.142 e. The molecular weight excluding hydrogens is 272 g/mol. The van der Waals surface area contributed by atoms with Crippen LogP contribution < -0.4 is 15.8 Å². The van der Waals surface area contributed by atoms with Crippen molar-refractivity contribution in [3.63, 3.8) is 0 Å². The Hall–Kier alpha value is -2.16. The van der Waals surface area contributed by atoms with Crippen LogP contribution in [-0.2, 0) is 12.8 Å². The van der Waals surface area contributed by atoms with E-state index in [0.29, 0.717) is 6.61 Å². The Balaban J connectivity index is 1.77. The first-order valence-corrected chi connectivity index (χ1v) is 8.07. The number of hydrogen-bond acceptors (Lipinski definition) is 3. The lowest BCUT2D eigenvalue weighted by atomic mass is 10.1. The van der Waals surface area contributed by atoms with Crippen LogP contribution in [0.4, 0.5) is 11.4 Å². The molecule has 0 fully saturated rings. The zero-order valence-electron chi connectivity index (χ0n) is 13.6. The lowest BCUT2D eigenvalue weighted by Crippen LogP contribution is -2.03. The molecule has 0 spiro atoms. The number of anilines is 2. The number of nitrogens with two attached hydrogens (primary N) is 1. The highest BCUT2D eigenvalue weighted by Crippen LogP contribution is 2.23. The van der Waals surface area contributed by atoms with Crippen LogP contribution in [0.25, 0.3) is 0 Å². The van der Waals surface area contributed by atoms with Gasteiger partial charge in [-0.25, -0.2) is 0 Å². The Morgan fingerprint density at radius 2 is 1.73 bits per heavy atom. The third kappa shape index (κ3) is 4.69. The van der Waals surface area contributed by atoms with Crippen molar-refractivity contribution in [2.45, 2.75) is 33.1 Å². The van der Waals surface area contributed by atoms with Crippen LogP contribution in [0.1, 0.15) is 31.4 Å². The molecule has 3 heteroatoms. The molecule has 0 aliphatic heterocycles. The largest absolute Gasteiger partial charge is 0.492 e. The summed E-state index contributed by atoms with van der Waals surface area (Å²) < 4.78 is 5.46. The lowest BCUT2D eigenvalue weighted by Gasteiger charge is -2.10. The Labute approximate surface area is 133 Å². The summed E-state index contributed by atoms with van der Waals surface area (Å²) >= 11 is 0. The van der Waals surface area contributed by atoms with E-state index in [4.69, 9.17) is 10.5 Å². The second-order valence-electron chi connectivity index (χ2n) is 5.39. The maximum absolute atomic E-state index is 5.99. The number of ether oxygens (including phenoxy) is 1. The van der Waals surface area contributed by atoms with Gasteiger partial charge in [0.1, 0.15) is 5.75 Å². The molecule has 2 aromatic rings. The fourth-order valence-electron chi connectivity index (χ4n) is 2.42. The molecule has 0 amide bonds. The number of rotatable bonds is 8. The molecule has 0 aliphatic carbocycles. The molecule has 3 nitrogen and oxygen atoms in total. The third-order valence-electron chi connectivity index (χ3n) is 3.71. The fraction of sp³-hybridized carbons (Fsp3) is 0.368. The van der Waals surface area contributed by atoms with Gasteiger partial charge < -0.3 is 15.8 Å². The van der Waals surface area contributed by atoms with Crippen LogP contribution >= 0.6 is 0 Å². The van der Waals surface area contributed by atoms with Gasteiger partial charge in [0.05, 0.1) is 12.3 Å². The number of aryl methyl sites for hydroxylation is 2. The molecule has 3 N–H and O–H groups in total. The molecule has 118 valence electrons. The first-order chi connectivity index (χ1) is 10.7. The highest BCUT2D eigenvalue weighted by molar-refractivity contribution is 5.54. The van der Waals surface area contributed by atoms with Gasteiger partial charge in [0.15, 0.2) is 0 Å². The van der Waals surface area contributed by atoms with Gasteiger partial charge >= 0.3 is 0 Å². The summed E-state index contributed by atoms with van der Waals surface area (Å²) in [7, 11) is 0. The normalized spacial score (nSPS) is 10.5. The molecule has 0 heterocycles. The Kier molecular flexibility index (Phi) is 6.13. The van der Waals surface area contributed by atoms with Crippen LogP contribution in [0, 0.1) is 0 Å². The fourth-order valence-corrected chi connectivity index (χ4v) is 2.42. The number of benzene rings is 2. The lowest BCUT2D eigenvalue weighted by molar-refractivity contribution is 0.342. The van der Waals surface area contributed by atoms with Crippen molar-refractivity contribution in [1.29, 1.82) is 0 Å². The predicted molar refractivity (Wildman–Crippen MR) is 94.7 cm³/mol. The van der Waals surface area contributed by atoms with E-state index in [0.717, 1.165) is 37.2 Å². The minimum atomic E-state index is 0.643. The van der Waals surface area contributed by atoms with Crippen molar-refractivity contribution < 1.29 is 4.74 Å². The number of nitrogen functional groups attached to an aromatic ring is 1. The zero-order valence-corrected chi connectivity index (χ0v) is 13.6. The van der Waals surface area contributed by atoms with Crippen LogP contribution in [0.5, 0.6) is 5.75 Å². The molecule has 0 saturated heterocycles. The summed E-state index contributed by atoms with van der Waals surface area (Å²) in [6.07, 6.45) is 3.17. The first kappa shape index (κ1) is 16.2. The van der Waals surface area contributed by atoms with Crippen molar-refractivity contribution in [2.24, 2.45) is 0 Å². The maximum Gasteiger partial charge on any atom is 0.142 e. The molecule has 22 heavy (non-hydrogen) atoms. The Bertz CT molecular complexity index is 578. The minimum Gasteiger partial charge on any atom is -0.492 e. The average Bonchev–Trinajstić information content (AvgIpc) is 2.55. The molecular formula is C19H26N2O. The third-order valence-corrected chi connectivity index (χ3v) is 3.71. The van der Waals surface area contributed by atoms with Crippen molar-refractivity contribution in [2.75, 3.05) is 24.2 Å². The molecule has 0 aliphatic rings. The van der Waals surface area contributed by atoms with Gasteiger partial charge in [-0.2, -0.15) is 0 Å². The van der Waals surface area contributed by atoms with Crippen LogP contribution in [-0.4, -0.2) is 13.2 Å². The molecule has 0 aromatic heterocycles. The average molecular weight is 298 g/mol. The van der Waals surface area contributed by atoms with Crippen LogP contribution in [0.2, 0.25) is 0 Å². The van der Waals surface area contributed by atoms with Gasteiger partial charge in [0.25, 0.3) is 0 Å². The van der Waals surface area contributed by atoms with Crippen molar-refractivity contribution in [3.8, 4) is 5.75 Å². The quantitative estimate of drug-likeness (QED) is 0.565. The molecule has 2 rings (SSSR count). The number of nitrogens with one attached hydrogen (secondary N) is 1. The van der Waals surface area contributed by atoms with E-state index in [9.17, 15) is 0 Å². The van der Waals surface area contributed by atoms with E-state index in [-0.39, 0.29) is 0 Å². The van der Waals surface area contributed by atoms with Crippen LogP contribution in [0.3, 0.4) is 0 Å². The van der Waals surface area contributed by atoms with Crippen molar-refractivity contribution in [3.05, 3.63) is 53.6 Å². The van der Waals surface area contributed by atoms with Crippen molar-refractivity contribution in [1.82, 2.24) is 0 Å².